The van der Waals surface area contributed by atoms with Crippen LogP contribution in [0.3, 0.4) is 0 Å². The Kier molecular flexibility index (Phi) is 5.06. The average Bonchev–Trinajstić information content (AvgIpc) is 2.63. The number of hydrogen-bond donors (Lipinski definition) is 1. The first-order valence-electron chi connectivity index (χ1n) is 8.07. The number of benzene rings is 2. The molecular weight excluding hydrogens is 341 g/mol. The van der Waals surface area contributed by atoms with Crippen LogP contribution in [0.15, 0.2) is 48.7 Å². The van der Waals surface area contributed by atoms with Crippen molar-refractivity contribution in [2.24, 2.45) is 0 Å². The number of aromatic nitrogens is 2. The van der Waals surface area contributed by atoms with E-state index in [1.54, 1.807) is 0 Å². The fourth-order valence-electron chi connectivity index (χ4n) is 2.54. The normalized spacial score (nSPS) is 10.7. The first-order valence-corrected chi connectivity index (χ1v) is 8.07. The SMILES string of the molecule is CCN(c1cccc(C)c1)c1nccc(Nc2ccc(F)c(F)c2F)n1. The van der Waals surface area contributed by atoms with Gasteiger partial charge in [-0.15, -0.1) is 0 Å². The molecule has 0 aliphatic rings. The van der Waals surface area contributed by atoms with Gasteiger partial charge in [-0.1, -0.05) is 12.1 Å². The summed E-state index contributed by atoms with van der Waals surface area (Å²) in [6.45, 7) is 4.56. The predicted molar refractivity (Wildman–Crippen MR) is 95.5 cm³/mol. The van der Waals surface area contributed by atoms with Gasteiger partial charge in [-0.25, -0.2) is 18.2 Å². The van der Waals surface area contributed by atoms with Crippen LogP contribution in [0.25, 0.3) is 0 Å². The Morgan fingerprint density at radius 3 is 2.58 bits per heavy atom. The highest BCUT2D eigenvalue weighted by atomic mass is 19.2. The third kappa shape index (κ3) is 3.61. The molecule has 1 N–H and O–H groups in total. The fraction of sp³-hybridized carbons (Fsp3) is 0.158. The van der Waals surface area contributed by atoms with Gasteiger partial charge in [0.15, 0.2) is 17.5 Å². The second kappa shape index (κ2) is 7.43. The molecule has 0 aliphatic heterocycles. The van der Waals surface area contributed by atoms with Gasteiger partial charge in [-0.2, -0.15) is 4.98 Å². The molecule has 0 spiro atoms. The molecule has 3 rings (SSSR count). The van der Waals surface area contributed by atoms with Crippen LogP contribution in [0.2, 0.25) is 0 Å². The van der Waals surface area contributed by atoms with Crippen molar-refractivity contribution in [1.29, 1.82) is 0 Å². The van der Waals surface area contributed by atoms with E-state index in [2.05, 4.69) is 15.3 Å². The molecule has 0 aliphatic carbocycles. The Morgan fingerprint density at radius 2 is 1.85 bits per heavy atom. The lowest BCUT2D eigenvalue weighted by molar-refractivity contribution is 0.449. The Bertz CT molecular complexity index is 930. The molecule has 2 aromatic carbocycles. The Balaban J connectivity index is 1.92. The minimum Gasteiger partial charge on any atom is -0.338 e. The molecule has 1 aromatic heterocycles. The maximum Gasteiger partial charge on any atom is 0.231 e. The highest BCUT2D eigenvalue weighted by Crippen LogP contribution is 2.26. The molecule has 0 amide bonds. The summed E-state index contributed by atoms with van der Waals surface area (Å²) in [5, 5.41) is 2.66. The van der Waals surface area contributed by atoms with Crippen molar-refractivity contribution in [2.75, 3.05) is 16.8 Å². The number of rotatable bonds is 5. The first kappa shape index (κ1) is 17.7. The summed E-state index contributed by atoms with van der Waals surface area (Å²) < 4.78 is 40.3. The van der Waals surface area contributed by atoms with Crippen LogP contribution in [0.5, 0.6) is 0 Å². The molecule has 0 atom stereocenters. The van der Waals surface area contributed by atoms with Gasteiger partial charge in [0.05, 0.1) is 5.69 Å². The van der Waals surface area contributed by atoms with Crippen molar-refractivity contribution in [3.8, 4) is 0 Å². The second-order valence-corrected chi connectivity index (χ2v) is 5.67. The fourth-order valence-corrected chi connectivity index (χ4v) is 2.54. The van der Waals surface area contributed by atoms with Crippen LogP contribution in [0.1, 0.15) is 12.5 Å². The largest absolute Gasteiger partial charge is 0.338 e. The van der Waals surface area contributed by atoms with Crippen molar-refractivity contribution in [3.63, 3.8) is 0 Å². The van der Waals surface area contributed by atoms with E-state index in [9.17, 15) is 13.2 Å². The van der Waals surface area contributed by atoms with Crippen LogP contribution in [-0.2, 0) is 0 Å². The van der Waals surface area contributed by atoms with E-state index in [1.165, 1.54) is 12.3 Å². The molecule has 0 unspecified atom stereocenters. The van der Waals surface area contributed by atoms with Crippen LogP contribution >= 0.6 is 0 Å². The predicted octanol–water partition coefficient (Wildman–Crippen LogP) is 5.10. The lowest BCUT2D eigenvalue weighted by Gasteiger charge is -2.21. The molecule has 0 saturated carbocycles. The molecule has 3 aromatic rings. The zero-order valence-corrected chi connectivity index (χ0v) is 14.3. The maximum absolute atomic E-state index is 13.9. The van der Waals surface area contributed by atoms with Crippen molar-refractivity contribution in [2.45, 2.75) is 13.8 Å². The van der Waals surface area contributed by atoms with Gasteiger partial charge in [-0.05, 0) is 49.7 Å². The maximum atomic E-state index is 13.9. The van der Waals surface area contributed by atoms with E-state index in [-0.39, 0.29) is 11.5 Å². The van der Waals surface area contributed by atoms with Crippen LogP contribution in [0.4, 0.5) is 36.3 Å². The first-order chi connectivity index (χ1) is 12.5. The molecular formula is C19H17F3N4. The average molecular weight is 358 g/mol. The number of halogens is 3. The molecule has 7 heteroatoms. The van der Waals surface area contributed by atoms with Crippen LogP contribution in [-0.4, -0.2) is 16.5 Å². The summed E-state index contributed by atoms with van der Waals surface area (Å²) >= 11 is 0. The number of nitrogens with one attached hydrogen (secondary N) is 1. The molecule has 0 saturated heterocycles. The summed E-state index contributed by atoms with van der Waals surface area (Å²) in [4.78, 5) is 10.5. The van der Waals surface area contributed by atoms with E-state index in [4.69, 9.17) is 0 Å². The Hall–Kier alpha value is -3.09. The summed E-state index contributed by atoms with van der Waals surface area (Å²) in [5.74, 6) is -3.39. The molecule has 0 radical (unpaired) electrons. The van der Waals surface area contributed by atoms with Gasteiger partial charge >= 0.3 is 0 Å². The zero-order valence-electron chi connectivity index (χ0n) is 14.3. The molecule has 0 fully saturated rings. The smallest absolute Gasteiger partial charge is 0.231 e. The minimum atomic E-state index is -1.53. The summed E-state index contributed by atoms with van der Waals surface area (Å²) in [7, 11) is 0. The lowest BCUT2D eigenvalue weighted by Crippen LogP contribution is -2.19. The summed E-state index contributed by atoms with van der Waals surface area (Å²) in [5.41, 5.74) is 1.81. The van der Waals surface area contributed by atoms with Gasteiger partial charge in [0.1, 0.15) is 5.82 Å². The van der Waals surface area contributed by atoms with Gasteiger partial charge in [0, 0.05) is 18.4 Å². The van der Waals surface area contributed by atoms with Gasteiger partial charge in [-0.3, -0.25) is 0 Å². The highest BCUT2D eigenvalue weighted by molar-refractivity contribution is 5.62. The van der Waals surface area contributed by atoms with E-state index in [1.807, 2.05) is 43.0 Å². The van der Waals surface area contributed by atoms with Gasteiger partial charge < -0.3 is 10.2 Å². The topological polar surface area (TPSA) is 41.1 Å². The third-order valence-corrected chi connectivity index (χ3v) is 3.81. The number of nitrogens with zero attached hydrogens (tertiary/aromatic N) is 3. The molecule has 1 heterocycles. The van der Waals surface area contributed by atoms with Gasteiger partial charge in [0.25, 0.3) is 0 Å². The standard InChI is InChI=1S/C19H17F3N4/c1-3-26(13-6-4-5-12(2)11-13)19-23-10-9-16(25-19)24-15-8-7-14(20)17(21)18(15)22/h4-11H,3H2,1-2H3,(H,23,24,25). The van der Waals surface area contributed by atoms with Crippen molar-refractivity contribution in [1.82, 2.24) is 9.97 Å². The second-order valence-electron chi connectivity index (χ2n) is 5.67. The summed E-state index contributed by atoms with van der Waals surface area (Å²) in [6.07, 6.45) is 1.51. The molecule has 26 heavy (non-hydrogen) atoms. The lowest BCUT2D eigenvalue weighted by atomic mass is 10.2. The van der Waals surface area contributed by atoms with E-state index in [0.29, 0.717) is 12.5 Å². The highest BCUT2D eigenvalue weighted by Gasteiger charge is 2.15. The van der Waals surface area contributed by atoms with E-state index >= 15 is 0 Å². The number of hydrogen-bond acceptors (Lipinski definition) is 4. The monoisotopic (exact) mass is 358 g/mol. The Morgan fingerprint density at radius 1 is 1.04 bits per heavy atom. The van der Waals surface area contributed by atoms with Crippen molar-refractivity contribution >= 4 is 23.1 Å². The van der Waals surface area contributed by atoms with Crippen LogP contribution < -0.4 is 10.2 Å². The van der Waals surface area contributed by atoms with Crippen molar-refractivity contribution < 1.29 is 13.2 Å². The zero-order chi connectivity index (χ0) is 18.7. The quantitative estimate of drug-likeness (QED) is 0.644. The van der Waals surface area contributed by atoms with E-state index in [0.717, 1.165) is 23.4 Å². The number of anilines is 4. The summed E-state index contributed by atoms with van der Waals surface area (Å²) in [6, 6.07) is 11.4. The third-order valence-electron chi connectivity index (χ3n) is 3.81. The molecule has 134 valence electrons. The minimum absolute atomic E-state index is 0.202. The molecule has 0 bridgehead atoms. The Labute approximate surface area is 149 Å². The molecule has 4 nitrogen and oxygen atoms in total. The van der Waals surface area contributed by atoms with Gasteiger partial charge in [0.2, 0.25) is 5.95 Å². The van der Waals surface area contributed by atoms with E-state index < -0.39 is 17.5 Å². The number of aryl methyl sites for hydroxylation is 1. The van der Waals surface area contributed by atoms with Crippen molar-refractivity contribution in [3.05, 3.63) is 71.7 Å². The van der Waals surface area contributed by atoms with Crippen LogP contribution in [0, 0.1) is 24.4 Å².